The molecule has 0 atom stereocenters. The van der Waals surface area contributed by atoms with E-state index in [1.807, 2.05) is 50.2 Å². The number of aryl methyl sites for hydroxylation is 2. The highest BCUT2D eigenvalue weighted by molar-refractivity contribution is 6.04. The minimum atomic E-state index is -0.362. The van der Waals surface area contributed by atoms with Crippen molar-refractivity contribution in [2.45, 2.75) is 20.4 Å². The van der Waals surface area contributed by atoms with Crippen LogP contribution in [0.2, 0.25) is 0 Å². The molecule has 2 amide bonds. The lowest BCUT2D eigenvalue weighted by atomic mass is 10.1. The maximum Gasteiger partial charge on any atom is 0.274 e. The van der Waals surface area contributed by atoms with Crippen molar-refractivity contribution < 1.29 is 9.59 Å². The SMILES string of the molecule is Cc1cc(C)cc(NC(=O)c2cc(C(=O)NCc3ccccn3)ccn2)c1. The average molecular weight is 360 g/mol. The number of rotatable bonds is 5. The highest BCUT2D eigenvalue weighted by Gasteiger charge is 2.12. The van der Waals surface area contributed by atoms with E-state index < -0.39 is 0 Å². The van der Waals surface area contributed by atoms with Crippen LogP contribution in [-0.4, -0.2) is 21.8 Å². The minimum Gasteiger partial charge on any atom is -0.346 e. The Morgan fingerprint density at radius 1 is 0.889 bits per heavy atom. The summed E-state index contributed by atoms with van der Waals surface area (Å²) in [6, 6.07) is 14.3. The Bertz CT molecular complexity index is 951. The van der Waals surface area contributed by atoms with Crippen LogP contribution in [0.25, 0.3) is 0 Å². The first-order valence-corrected chi connectivity index (χ1v) is 8.55. The summed E-state index contributed by atoms with van der Waals surface area (Å²) in [4.78, 5) is 33.1. The van der Waals surface area contributed by atoms with Gasteiger partial charge in [0.2, 0.25) is 0 Å². The van der Waals surface area contributed by atoms with E-state index in [0.29, 0.717) is 17.8 Å². The van der Waals surface area contributed by atoms with E-state index >= 15 is 0 Å². The van der Waals surface area contributed by atoms with E-state index in [9.17, 15) is 9.59 Å². The van der Waals surface area contributed by atoms with Crippen LogP contribution in [0.5, 0.6) is 0 Å². The Morgan fingerprint density at radius 2 is 1.67 bits per heavy atom. The smallest absolute Gasteiger partial charge is 0.274 e. The Balaban J connectivity index is 1.68. The largest absolute Gasteiger partial charge is 0.346 e. The number of amides is 2. The number of hydrogen-bond acceptors (Lipinski definition) is 4. The number of pyridine rings is 2. The fourth-order valence-electron chi connectivity index (χ4n) is 2.71. The second-order valence-corrected chi connectivity index (χ2v) is 6.26. The van der Waals surface area contributed by atoms with Gasteiger partial charge in [-0.1, -0.05) is 12.1 Å². The van der Waals surface area contributed by atoms with Crippen LogP contribution in [0.3, 0.4) is 0 Å². The van der Waals surface area contributed by atoms with Gasteiger partial charge in [0.25, 0.3) is 11.8 Å². The molecule has 0 saturated carbocycles. The summed E-state index contributed by atoms with van der Waals surface area (Å²) in [7, 11) is 0. The molecule has 0 spiro atoms. The van der Waals surface area contributed by atoms with Crippen molar-refractivity contribution >= 4 is 17.5 Å². The first-order chi connectivity index (χ1) is 13.0. The van der Waals surface area contributed by atoms with E-state index in [2.05, 4.69) is 20.6 Å². The Hall–Kier alpha value is -3.54. The van der Waals surface area contributed by atoms with Crippen molar-refractivity contribution in [1.29, 1.82) is 0 Å². The van der Waals surface area contributed by atoms with Gasteiger partial charge in [-0.3, -0.25) is 19.6 Å². The monoisotopic (exact) mass is 360 g/mol. The van der Waals surface area contributed by atoms with Crippen molar-refractivity contribution in [3.05, 3.63) is 89.0 Å². The molecule has 27 heavy (non-hydrogen) atoms. The number of carbonyl (C=O) groups is 2. The van der Waals surface area contributed by atoms with Gasteiger partial charge in [-0.25, -0.2) is 0 Å². The van der Waals surface area contributed by atoms with Gasteiger partial charge in [-0.2, -0.15) is 0 Å². The lowest BCUT2D eigenvalue weighted by molar-refractivity contribution is 0.0950. The second kappa shape index (κ2) is 8.23. The summed E-state index contributed by atoms with van der Waals surface area (Å²) in [6.07, 6.45) is 3.12. The summed E-state index contributed by atoms with van der Waals surface area (Å²) in [5, 5.41) is 5.61. The fourth-order valence-corrected chi connectivity index (χ4v) is 2.71. The van der Waals surface area contributed by atoms with Gasteiger partial charge in [0, 0.05) is 23.6 Å². The average Bonchev–Trinajstić information content (AvgIpc) is 2.66. The summed E-state index contributed by atoms with van der Waals surface area (Å²) >= 11 is 0. The summed E-state index contributed by atoms with van der Waals surface area (Å²) in [5.74, 6) is -0.650. The van der Waals surface area contributed by atoms with Gasteiger partial charge >= 0.3 is 0 Å². The number of aromatic nitrogens is 2. The molecule has 136 valence electrons. The van der Waals surface area contributed by atoms with Crippen LogP contribution >= 0.6 is 0 Å². The lowest BCUT2D eigenvalue weighted by Gasteiger charge is -2.09. The maximum atomic E-state index is 12.5. The zero-order valence-corrected chi connectivity index (χ0v) is 15.2. The van der Waals surface area contributed by atoms with Crippen LogP contribution in [-0.2, 0) is 6.54 Å². The normalized spacial score (nSPS) is 10.3. The topological polar surface area (TPSA) is 84.0 Å². The van der Waals surface area contributed by atoms with Crippen molar-refractivity contribution in [1.82, 2.24) is 15.3 Å². The summed E-state index contributed by atoms with van der Waals surface area (Å²) in [6.45, 7) is 4.24. The van der Waals surface area contributed by atoms with E-state index in [1.165, 1.54) is 12.3 Å². The molecule has 0 bridgehead atoms. The number of carbonyl (C=O) groups excluding carboxylic acids is 2. The highest BCUT2D eigenvalue weighted by Crippen LogP contribution is 2.15. The van der Waals surface area contributed by atoms with E-state index in [-0.39, 0.29) is 17.5 Å². The van der Waals surface area contributed by atoms with Crippen LogP contribution < -0.4 is 10.6 Å². The molecule has 0 radical (unpaired) electrons. The van der Waals surface area contributed by atoms with Crippen molar-refractivity contribution in [2.24, 2.45) is 0 Å². The quantitative estimate of drug-likeness (QED) is 0.731. The molecular weight excluding hydrogens is 340 g/mol. The van der Waals surface area contributed by atoms with Crippen molar-refractivity contribution in [2.75, 3.05) is 5.32 Å². The Morgan fingerprint density at radius 3 is 2.37 bits per heavy atom. The van der Waals surface area contributed by atoms with Gasteiger partial charge < -0.3 is 10.6 Å². The predicted molar refractivity (Wildman–Crippen MR) is 104 cm³/mol. The number of nitrogens with zero attached hydrogens (tertiary/aromatic N) is 2. The zero-order chi connectivity index (χ0) is 19.2. The lowest BCUT2D eigenvalue weighted by Crippen LogP contribution is -2.24. The first-order valence-electron chi connectivity index (χ1n) is 8.55. The molecule has 3 aromatic rings. The molecule has 6 nitrogen and oxygen atoms in total. The molecule has 1 aromatic carbocycles. The van der Waals surface area contributed by atoms with Gasteiger partial charge in [-0.15, -0.1) is 0 Å². The molecule has 2 heterocycles. The Kier molecular flexibility index (Phi) is 5.56. The molecule has 3 rings (SSSR count). The summed E-state index contributed by atoms with van der Waals surface area (Å²) < 4.78 is 0. The van der Waals surface area contributed by atoms with E-state index in [4.69, 9.17) is 0 Å². The third-order valence-corrected chi connectivity index (χ3v) is 3.89. The van der Waals surface area contributed by atoms with E-state index in [0.717, 1.165) is 16.8 Å². The molecule has 6 heteroatoms. The third-order valence-electron chi connectivity index (χ3n) is 3.89. The van der Waals surface area contributed by atoms with Gasteiger partial charge in [-0.05, 0) is 61.4 Å². The van der Waals surface area contributed by atoms with Crippen molar-refractivity contribution in [3.63, 3.8) is 0 Å². The minimum absolute atomic E-state index is 0.180. The number of benzene rings is 1. The third kappa shape index (κ3) is 4.98. The molecule has 0 aliphatic carbocycles. The van der Waals surface area contributed by atoms with Gasteiger partial charge in [0.05, 0.1) is 12.2 Å². The summed E-state index contributed by atoms with van der Waals surface area (Å²) in [5.41, 5.74) is 4.12. The van der Waals surface area contributed by atoms with Crippen LogP contribution in [0, 0.1) is 13.8 Å². The number of anilines is 1. The second-order valence-electron chi connectivity index (χ2n) is 6.26. The molecule has 0 aliphatic heterocycles. The highest BCUT2D eigenvalue weighted by atomic mass is 16.2. The van der Waals surface area contributed by atoms with Crippen LogP contribution in [0.15, 0.2) is 60.9 Å². The van der Waals surface area contributed by atoms with Crippen LogP contribution in [0.1, 0.15) is 37.7 Å². The van der Waals surface area contributed by atoms with Crippen LogP contribution in [0.4, 0.5) is 5.69 Å². The molecular formula is C21H20N4O2. The molecule has 2 N–H and O–H groups in total. The Labute approximate surface area is 157 Å². The fraction of sp³-hybridized carbons (Fsp3) is 0.143. The van der Waals surface area contributed by atoms with Gasteiger partial charge in [0.1, 0.15) is 5.69 Å². The zero-order valence-electron chi connectivity index (χ0n) is 15.2. The van der Waals surface area contributed by atoms with Gasteiger partial charge in [0.15, 0.2) is 0 Å². The maximum absolute atomic E-state index is 12.5. The molecule has 0 saturated heterocycles. The molecule has 0 unspecified atom stereocenters. The molecule has 2 aromatic heterocycles. The van der Waals surface area contributed by atoms with E-state index in [1.54, 1.807) is 12.3 Å². The number of hydrogen-bond donors (Lipinski definition) is 2. The number of nitrogens with one attached hydrogen (secondary N) is 2. The standard InChI is InChI=1S/C21H20N4O2/c1-14-9-15(2)11-18(10-14)25-21(27)19-12-16(6-8-23-19)20(26)24-13-17-5-3-4-7-22-17/h3-12H,13H2,1-2H3,(H,24,26)(H,25,27). The van der Waals surface area contributed by atoms with Crippen molar-refractivity contribution in [3.8, 4) is 0 Å². The molecule has 0 aliphatic rings. The first kappa shape index (κ1) is 18.3. The molecule has 0 fully saturated rings. The predicted octanol–water partition coefficient (Wildman–Crippen LogP) is 3.28.